The molecule has 1 aliphatic carbocycles. The van der Waals surface area contributed by atoms with Gasteiger partial charge in [0.05, 0.1) is 23.5 Å². The van der Waals surface area contributed by atoms with Crippen LogP contribution in [0.1, 0.15) is 0 Å². The van der Waals surface area contributed by atoms with Crippen molar-refractivity contribution in [1.82, 2.24) is 0 Å². The highest BCUT2D eigenvalue weighted by Gasteiger charge is 2.49. The minimum Gasteiger partial charge on any atom is -0.376 e. The average Bonchev–Trinajstić information content (AvgIpc) is 3.38. The number of hydrogen-bond acceptors (Lipinski definition) is 4. The monoisotopic (exact) mass is 547 g/mol. The first-order valence-electron chi connectivity index (χ1n) is 14.1. The van der Waals surface area contributed by atoms with Crippen molar-refractivity contribution >= 4 is 43.4 Å². The largest absolute Gasteiger partial charge is 0.446 e. The average molecular weight is 548 g/mol. The summed E-state index contributed by atoms with van der Waals surface area (Å²) in [5.74, 6) is 0. The molecule has 1 radical (unpaired) electrons. The van der Waals surface area contributed by atoms with Gasteiger partial charge in [0, 0.05) is 22.7 Å². The second kappa shape index (κ2) is 11.2. The zero-order valence-corrected chi connectivity index (χ0v) is 23.7. The van der Waals surface area contributed by atoms with Crippen LogP contribution in [0.5, 0.6) is 0 Å². The van der Waals surface area contributed by atoms with Crippen LogP contribution in [0.15, 0.2) is 170 Å². The summed E-state index contributed by atoms with van der Waals surface area (Å²) in [5, 5.41) is 3.83. The third-order valence-electron chi connectivity index (χ3n) is 7.55. The molecule has 0 aromatic heterocycles. The summed E-state index contributed by atoms with van der Waals surface area (Å²) in [6.07, 6.45) is 8.98. The van der Waals surface area contributed by atoms with Gasteiger partial charge in [-0.3, -0.25) is 0 Å². The van der Waals surface area contributed by atoms with Crippen molar-refractivity contribution in [2.45, 2.75) is 12.1 Å². The molecule has 0 spiro atoms. The number of nitrogens with zero attached hydrogens (tertiary/aromatic N) is 3. The summed E-state index contributed by atoms with van der Waals surface area (Å²) in [6.45, 7) is 0. The Kier molecular flexibility index (Phi) is 6.85. The number of nitrogens with one attached hydrogen (secondary N) is 1. The van der Waals surface area contributed by atoms with Crippen LogP contribution in [0.2, 0.25) is 0 Å². The van der Waals surface area contributed by atoms with Gasteiger partial charge in [-0.2, -0.15) is 0 Å². The summed E-state index contributed by atoms with van der Waals surface area (Å²) < 4.78 is 7.81. The highest BCUT2D eigenvalue weighted by molar-refractivity contribution is 6.76. The van der Waals surface area contributed by atoms with E-state index in [9.17, 15) is 0 Å². The van der Waals surface area contributed by atoms with Gasteiger partial charge >= 0.3 is 9.28 Å². The summed E-state index contributed by atoms with van der Waals surface area (Å²) in [5.41, 5.74) is 7.14. The number of hydrogen-bond donors (Lipinski definition) is 1. The fraction of sp³-hybridized carbons (Fsp3) is 0.0556. The fourth-order valence-electron chi connectivity index (χ4n) is 5.75. The molecule has 5 aromatic carbocycles. The normalized spacial score (nSPS) is 17.9. The maximum Gasteiger partial charge on any atom is 0.446 e. The molecular formula is C36H31N4Si. The molecular weight excluding hydrogens is 517 g/mol. The highest BCUT2D eigenvalue weighted by Crippen LogP contribution is 2.48. The van der Waals surface area contributed by atoms with Crippen LogP contribution >= 0.6 is 0 Å². The Hall–Kier alpha value is -5.00. The molecule has 199 valence electrons. The maximum atomic E-state index is 3.83. The van der Waals surface area contributed by atoms with Crippen molar-refractivity contribution in [2.24, 2.45) is 0 Å². The van der Waals surface area contributed by atoms with E-state index in [0.717, 1.165) is 5.69 Å². The Morgan fingerprint density at radius 2 is 0.976 bits per heavy atom. The molecule has 7 rings (SSSR count). The molecule has 41 heavy (non-hydrogen) atoms. The van der Waals surface area contributed by atoms with Crippen LogP contribution in [-0.4, -0.2) is 21.4 Å². The molecule has 1 aliphatic heterocycles. The molecule has 5 heteroatoms. The van der Waals surface area contributed by atoms with Gasteiger partial charge in [0.2, 0.25) is 0 Å². The first kappa shape index (κ1) is 25.0. The Morgan fingerprint density at radius 3 is 1.54 bits per heavy atom. The van der Waals surface area contributed by atoms with Crippen LogP contribution in [0, 0.1) is 0 Å². The predicted molar refractivity (Wildman–Crippen MR) is 174 cm³/mol. The Labute approximate surface area is 244 Å². The van der Waals surface area contributed by atoms with Crippen LogP contribution in [0.3, 0.4) is 0 Å². The summed E-state index contributed by atoms with van der Waals surface area (Å²) in [6, 6.07) is 52.0. The predicted octanol–water partition coefficient (Wildman–Crippen LogP) is 8.44. The Bertz CT molecular complexity index is 1570. The lowest BCUT2D eigenvalue weighted by Gasteiger charge is -2.45. The van der Waals surface area contributed by atoms with E-state index in [2.05, 4.69) is 189 Å². The number of fused-ring (bicyclic) bond motifs is 1. The first-order valence-corrected chi connectivity index (χ1v) is 15.4. The topological polar surface area (TPSA) is 21.8 Å². The lowest BCUT2D eigenvalue weighted by molar-refractivity contribution is 0.726. The van der Waals surface area contributed by atoms with Crippen LogP contribution in [-0.2, 0) is 0 Å². The second-order valence-corrected chi connectivity index (χ2v) is 12.1. The molecule has 2 aliphatic rings. The molecule has 0 saturated carbocycles. The van der Waals surface area contributed by atoms with E-state index in [4.69, 9.17) is 0 Å². The molecule has 0 amide bonds. The van der Waals surface area contributed by atoms with Crippen molar-refractivity contribution < 1.29 is 0 Å². The van der Waals surface area contributed by atoms with Crippen LogP contribution in [0.25, 0.3) is 0 Å². The van der Waals surface area contributed by atoms with E-state index < -0.39 is 9.28 Å². The number of benzene rings is 5. The van der Waals surface area contributed by atoms with Gasteiger partial charge in [0.1, 0.15) is 0 Å². The summed E-state index contributed by atoms with van der Waals surface area (Å²) >= 11 is 0. The van der Waals surface area contributed by atoms with Gasteiger partial charge in [0.15, 0.2) is 0 Å². The molecule has 0 fully saturated rings. The van der Waals surface area contributed by atoms with Gasteiger partial charge in [-0.15, -0.1) is 0 Å². The van der Waals surface area contributed by atoms with Crippen molar-refractivity contribution in [1.29, 1.82) is 0 Å². The van der Waals surface area contributed by atoms with E-state index in [1.165, 1.54) is 28.4 Å². The first-order chi connectivity index (χ1) is 20.4. The van der Waals surface area contributed by atoms with Crippen molar-refractivity contribution in [3.05, 3.63) is 170 Å². The van der Waals surface area contributed by atoms with E-state index in [1.807, 2.05) is 0 Å². The quantitative estimate of drug-likeness (QED) is 0.206. The lowest BCUT2D eigenvalue weighted by Crippen LogP contribution is -2.63. The van der Waals surface area contributed by atoms with Crippen LogP contribution < -0.4 is 19.0 Å². The third-order valence-corrected chi connectivity index (χ3v) is 10.3. The number of allylic oxidation sites excluding steroid dienone is 2. The van der Waals surface area contributed by atoms with E-state index >= 15 is 0 Å². The van der Waals surface area contributed by atoms with Gasteiger partial charge in [0.25, 0.3) is 0 Å². The van der Waals surface area contributed by atoms with Crippen molar-refractivity contribution in [3.63, 3.8) is 0 Å². The van der Waals surface area contributed by atoms with Crippen molar-refractivity contribution in [2.75, 3.05) is 19.0 Å². The molecule has 2 atom stereocenters. The second-order valence-electron chi connectivity index (χ2n) is 10.1. The maximum absolute atomic E-state index is 3.83. The van der Waals surface area contributed by atoms with Crippen LogP contribution in [0.4, 0.5) is 34.1 Å². The fourth-order valence-corrected chi connectivity index (χ4v) is 8.84. The zero-order chi connectivity index (χ0) is 27.4. The standard InChI is InChI=1S/C36H31N4Si/c1-5-17-29(18-6-1)37-33-25-13-14-26-34(33)38(30-19-7-2-8-20-30)41-39(31-21-9-3-10-22-31)35-27-15-16-28-36(35)40(41)32-23-11-4-12-24-32/h1-28,33-34,37H. The molecule has 0 saturated heterocycles. The molecule has 1 heterocycles. The number of para-hydroxylation sites is 6. The molecule has 5 aromatic rings. The third kappa shape index (κ3) is 4.81. The van der Waals surface area contributed by atoms with E-state index in [1.54, 1.807) is 0 Å². The van der Waals surface area contributed by atoms with Gasteiger partial charge in [-0.1, -0.05) is 109 Å². The number of anilines is 6. The Balaban J connectivity index is 1.44. The smallest absolute Gasteiger partial charge is 0.376 e. The van der Waals surface area contributed by atoms with E-state index in [0.29, 0.717) is 0 Å². The minimum atomic E-state index is -1.69. The summed E-state index contributed by atoms with van der Waals surface area (Å²) in [7, 11) is -1.69. The molecule has 1 N–H and O–H groups in total. The van der Waals surface area contributed by atoms with Crippen molar-refractivity contribution in [3.8, 4) is 0 Å². The minimum absolute atomic E-state index is 0.0585. The van der Waals surface area contributed by atoms with Gasteiger partial charge in [-0.25, -0.2) is 0 Å². The summed E-state index contributed by atoms with van der Waals surface area (Å²) in [4.78, 5) is 0. The zero-order valence-electron chi connectivity index (χ0n) is 22.7. The Morgan fingerprint density at radius 1 is 0.512 bits per heavy atom. The molecule has 2 unspecified atom stereocenters. The van der Waals surface area contributed by atoms with E-state index in [-0.39, 0.29) is 12.1 Å². The van der Waals surface area contributed by atoms with Gasteiger partial charge < -0.3 is 19.0 Å². The number of rotatable bonds is 7. The lowest BCUT2D eigenvalue weighted by atomic mass is 10.0. The molecule has 4 nitrogen and oxygen atoms in total. The van der Waals surface area contributed by atoms with Gasteiger partial charge in [-0.05, 0) is 60.7 Å². The SMILES string of the molecule is C1=CC(Nc2ccccc2)C(N(c2ccccc2)[Si]2N(c3ccccc3)c3ccccc3N2c2ccccc2)C=C1. The highest BCUT2D eigenvalue weighted by atomic mass is 28.3. The molecule has 0 bridgehead atoms.